The maximum Gasteiger partial charge on any atom is 0.0911 e. The Morgan fingerprint density at radius 3 is 2.55 bits per heavy atom. The number of rotatable bonds is 3. The van der Waals surface area contributed by atoms with E-state index in [1.54, 1.807) is 13.2 Å². The molecule has 0 rings (SSSR count). The Balaban J connectivity index is 4.06. The lowest BCUT2D eigenvalue weighted by molar-refractivity contribution is 0.0233. The second-order valence-corrected chi connectivity index (χ2v) is 3.26. The lowest BCUT2D eigenvalue weighted by atomic mass is 9.99. The van der Waals surface area contributed by atoms with Crippen LogP contribution in [0.1, 0.15) is 27.2 Å². The highest BCUT2D eigenvalue weighted by Gasteiger charge is 2.16. The number of ether oxygens (including phenoxy) is 1. The lowest BCUT2D eigenvalue weighted by Crippen LogP contribution is -2.22. The molecule has 0 unspecified atom stereocenters. The summed E-state index contributed by atoms with van der Waals surface area (Å²) in [7, 11) is 1.68. The second kappa shape index (κ2) is 4.15. The summed E-state index contributed by atoms with van der Waals surface area (Å²) in [6.07, 6.45) is 2.36. The highest BCUT2D eigenvalue weighted by atomic mass is 16.5. The molecule has 0 aromatic rings. The molecule has 0 radical (unpaired) electrons. The van der Waals surface area contributed by atoms with Crippen LogP contribution in [0.25, 0.3) is 0 Å². The maximum atomic E-state index is 8.34. The van der Waals surface area contributed by atoms with E-state index in [1.165, 1.54) is 0 Å². The van der Waals surface area contributed by atoms with E-state index < -0.39 is 0 Å². The number of hydrogen-bond donors (Lipinski definition) is 0. The molecule has 0 fully saturated rings. The molecule has 0 heterocycles. The Kier molecular flexibility index (Phi) is 3.84. The first kappa shape index (κ1) is 10.2. The van der Waals surface area contributed by atoms with Crippen molar-refractivity contribution in [1.82, 2.24) is 0 Å². The van der Waals surface area contributed by atoms with Crippen LogP contribution in [-0.4, -0.2) is 12.7 Å². The van der Waals surface area contributed by atoms with E-state index in [0.29, 0.717) is 0 Å². The Morgan fingerprint density at radius 2 is 2.18 bits per heavy atom. The van der Waals surface area contributed by atoms with Gasteiger partial charge in [0.2, 0.25) is 0 Å². The van der Waals surface area contributed by atoms with Gasteiger partial charge in [0.25, 0.3) is 0 Å². The first-order valence-corrected chi connectivity index (χ1v) is 3.62. The molecule has 0 aromatic heterocycles. The molecule has 0 spiro atoms. The summed E-state index contributed by atoms with van der Waals surface area (Å²) in [4.78, 5) is 0. The normalized spacial score (nSPS) is 12.8. The monoisotopic (exact) mass is 153 g/mol. The first-order valence-electron chi connectivity index (χ1n) is 3.62. The number of nitrogens with zero attached hydrogens (tertiary/aromatic N) is 1. The topological polar surface area (TPSA) is 33.0 Å². The summed E-state index contributed by atoms with van der Waals surface area (Å²) >= 11 is 0. The third-order valence-electron chi connectivity index (χ3n) is 1.57. The Labute approximate surface area is 68.5 Å². The van der Waals surface area contributed by atoms with E-state index in [9.17, 15) is 0 Å². The van der Waals surface area contributed by atoms with Crippen LogP contribution >= 0.6 is 0 Å². The Bertz CT molecular complexity index is 186. The summed E-state index contributed by atoms with van der Waals surface area (Å²) in [5.74, 6) is 0. The van der Waals surface area contributed by atoms with Gasteiger partial charge in [-0.25, -0.2) is 0 Å². The number of nitriles is 1. The average molecular weight is 153 g/mol. The van der Waals surface area contributed by atoms with Crippen molar-refractivity contribution in [3.8, 4) is 6.07 Å². The zero-order chi connectivity index (χ0) is 8.91. The molecule has 2 heteroatoms. The van der Waals surface area contributed by atoms with Crippen LogP contribution in [0.4, 0.5) is 0 Å². The molecule has 0 bridgehead atoms. The van der Waals surface area contributed by atoms with Crippen LogP contribution in [0.15, 0.2) is 11.6 Å². The zero-order valence-corrected chi connectivity index (χ0v) is 7.64. The van der Waals surface area contributed by atoms with Gasteiger partial charge in [0, 0.05) is 13.2 Å². The van der Waals surface area contributed by atoms with Crippen LogP contribution in [-0.2, 0) is 4.74 Å². The molecule has 0 aromatic carbocycles. The largest absolute Gasteiger partial charge is 0.378 e. The second-order valence-electron chi connectivity index (χ2n) is 3.26. The van der Waals surface area contributed by atoms with Gasteiger partial charge in [-0.15, -0.1) is 0 Å². The van der Waals surface area contributed by atoms with Gasteiger partial charge in [0.1, 0.15) is 0 Å². The van der Waals surface area contributed by atoms with E-state index in [1.807, 2.05) is 26.8 Å². The standard InChI is InChI=1S/C9H15NO/c1-8(5-6-10)7-9(2,3)11-4/h5H,7H2,1-4H3/b8-5+. The average Bonchev–Trinajstić information content (AvgIpc) is 1.87. The van der Waals surface area contributed by atoms with Crippen molar-refractivity contribution in [2.45, 2.75) is 32.8 Å². The van der Waals surface area contributed by atoms with Gasteiger partial charge < -0.3 is 4.74 Å². The molecule has 0 saturated heterocycles. The van der Waals surface area contributed by atoms with Gasteiger partial charge in [-0.1, -0.05) is 5.57 Å². The van der Waals surface area contributed by atoms with Gasteiger partial charge in [0.15, 0.2) is 0 Å². The molecule has 11 heavy (non-hydrogen) atoms. The SMILES string of the molecule is COC(C)(C)C/C(C)=C/C#N. The highest BCUT2D eigenvalue weighted by Crippen LogP contribution is 2.18. The smallest absolute Gasteiger partial charge is 0.0911 e. The molecule has 0 aliphatic carbocycles. The number of methoxy groups -OCH3 is 1. The maximum absolute atomic E-state index is 8.34. The number of allylic oxidation sites excluding steroid dienone is 1. The summed E-state index contributed by atoms with van der Waals surface area (Å²) in [6, 6.07) is 2.00. The van der Waals surface area contributed by atoms with Crippen molar-refractivity contribution >= 4 is 0 Å². The summed E-state index contributed by atoms with van der Waals surface area (Å²) < 4.78 is 5.20. The third kappa shape index (κ3) is 4.58. The fourth-order valence-corrected chi connectivity index (χ4v) is 0.905. The number of hydrogen-bond acceptors (Lipinski definition) is 2. The van der Waals surface area contributed by atoms with Crippen LogP contribution in [0.2, 0.25) is 0 Å². The van der Waals surface area contributed by atoms with Crippen molar-refractivity contribution in [3.05, 3.63) is 11.6 Å². The Morgan fingerprint density at radius 1 is 1.64 bits per heavy atom. The molecule has 0 atom stereocenters. The van der Waals surface area contributed by atoms with E-state index in [4.69, 9.17) is 10.00 Å². The van der Waals surface area contributed by atoms with Crippen molar-refractivity contribution in [3.63, 3.8) is 0 Å². The van der Waals surface area contributed by atoms with Gasteiger partial charge in [-0.3, -0.25) is 0 Å². The van der Waals surface area contributed by atoms with Crippen LogP contribution < -0.4 is 0 Å². The van der Waals surface area contributed by atoms with E-state index in [2.05, 4.69) is 0 Å². The van der Waals surface area contributed by atoms with E-state index in [-0.39, 0.29) is 5.60 Å². The summed E-state index contributed by atoms with van der Waals surface area (Å²) in [5.41, 5.74) is 0.900. The van der Waals surface area contributed by atoms with Gasteiger partial charge >= 0.3 is 0 Å². The molecule has 2 nitrogen and oxygen atoms in total. The van der Waals surface area contributed by atoms with Crippen molar-refractivity contribution in [1.29, 1.82) is 5.26 Å². The highest BCUT2D eigenvalue weighted by molar-refractivity contribution is 5.12. The quantitative estimate of drug-likeness (QED) is 0.583. The molecule has 0 amide bonds. The molecule has 0 saturated carbocycles. The van der Waals surface area contributed by atoms with Crippen molar-refractivity contribution in [2.24, 2.45) is 0 Å². The first-order chi connectivity index (χ1) is 5.02. The van der Waals surface area contributed by atoms with Gasteiger partial charge in [0.05, 0.1) is 11.7 Å². The fourth-order valence-electron chi connectivity index (χ4n) is 0.905. The van der Waals surface area contributed by atoms with Crippen LogP contribution in [0.3, 0.4) is 0 Å². The van der Waals surface area contributed by atoms with Crippen molar-refractivity contribution in [2.75, 3.05) is 7.11 Å². The third-order valence-corrected chi connectivity index (χ3v) is 1.57. The van der Waals surface area contributed by atoms with Crippen LogP contribution in [0, 0.1) is 11.3 Å². The van der Waals surface area contributed by atoms with Crippen LogP contribution in [0.5, 0.6) is 0 Å². The predicted octanol–water partition coefficient (Wildman–Crippen LogP) is 2.27. The minimum atomic E-state index is -0.155. The zero-order valence-electron chi connectivity index (χ0n) is 7.64. The Hall–Kier alpha value is -0.810. The summed E-state index contributed by atoms with van der Waals surface area (Å²) in [6.45, 7) is 5.94. The molecule has 0 N–H and O–H groups in total. The predicted molar refractivity (Wildman–Crippen MR) is 45.1 cm³/mol. The van der Waals surface area contributed by atoms with Gasteiger partial charge in [-0.05, 0) is 27.2 Å². The fraction of sp³-hybridized carbons (Fsp3) is 0.667. The molecular formula is C9H15NO. The summed E-state index contributed by atoms with van der Waals surface area (Å²) in [5, 5.41) is 8.34. The van der Waals surface area contributed by atoms with E-state index >= 15 is 0 Å². The van der Waals surface area contributed by atoms with Gasteiger partial charge in [-0.2, -0.15) is 5.26 Å². The lowest BCUT2D eigenvalue weighted by Gasteiger charge is -2.22. The molecule has 0 aliphatic heterocycles. The molecular weight excluding hydrogens is 138 g/mol. The minimum Gasteiger partial charge on any atom is -0.378 e. The molecule has 0 aliphatic rings. The van der Waals surface area contributed by atoms with E-state index in [0.717, 1.165) is 12.0 Å². The molecule has 62 valence electrons. The van der Waals surface area contributed by atoms with Crippen molar-refractivity contribution < 1.29 is 4.74 Å². The minimum absolute atomic E-state index is 0.155.